The Bertz CT molecular complexity index is 1440. The quantitative estimate of drug-likeness (QED) is 0.212. The molecule has 3 rings (SSSR count). The number of carbonyl (C=O) groups is 5. The first-order chi connectivity index (χ1) is 22.0. The first-order valence-corrected chi connectivity index (χ1v) is 16.9. The number of carboxylic acids is 1. The van der Waals surface area contributed by atoms with E-state index in [-0.39, 0.29) is 24.2 Å². The molecule has 256 valence electrons. The van der Waals surface area contributed by atoms with Gasteiger partial charge in [-0.1, -0.05) is 30.3 Å². The number of hydrogen-bond donors (Lipinski definition) is 2. The van der Waals surface area contributed by atoms with E-state index in [0.29, 0.717) is 36.1 Å². The zero-order valence-corrected chi connectivity index (χ0v) is 28.8. The molecule has 2 aromatic carbocycles. The van der Waals surface area contributed by atoms with Crippen LogP contribution in [-0.4, -0.2) is 82.2 Å². The highest BCUT2D eigenvalue weighted by Gasteiger charge is 2.39. The normalized spacial score (nSPS) is 15.6. The average Bonchev–Trinajstić information content (AvgIpc) is 2.98. The number of benzene rings is 2. The maximum absolute atomic E-state index is 13.9. The van der Waals surface area contributed by atoms with Crippen molar-refractivity contribution in [3.05, 3.63) is 54.1 Å². The molecule has 1 saturated heterocycles. The second-order valence-electron chi connectivity index (χ2n) is 13.1. The maximum Gasteiger partial charge on any atom is 0.517 e. The third-order valence-corrected chi connectivity index (χ3v) is 7.62. The zero-order valence-electron chi connectivity index (χ0n) is 28.0. The van der Waals surface area contributed by atoms with Gasteiger partial charge in [0.05, 0.1) is 0 Å². The Hall–Kier alpha value is -4.26. The van der Waals surface area contributed by atoms with Crippen LogP contribution in [0.25, 0.3) is 11.1 Å². The summed E-state index contributed by atoms with van der Waals surface area (Å²) in [5.74, 6) is -1.23. The van der Waals surface area contributed by atoms with Crippen molar-refractivity contribution in [1.29, 1.82) is 0 Å². The minimum atomic E-state index is -1.21. The molecule has 1 fully saturated rings. The SMILES string of the molecule is CSCC[C@H](NC(=O)c1ccc(N(C(=O)OC(=O)OC(C)(C)C)C2CCCCN2C(=O)OC(C)(C)C)cc1-c1ccccc1)C(=O)O. The summed E-state index contributed by atoms with van der Waals surface area (Å²) in [5, 5.41) is 12.3. The summed E-state index contributed by atoms with van der Waals surface area (Å²) in [6.45, 7) is 10.4. The predicted molar refractivity (Wildman–Crippen MR) is 180 cm³/mol. The average molecular weight is 672 g/mol. The van der Waals surface area contributed by atoms with Gasteiger partial charge in [0.2, 0.25) is 0 Å². The smallest absolute Gasteiger partial charge is 0.480 e. The largest absolute Gasteiger partial charge is 0.517 e. The van der Waals surface area contributed by atoms with Gasteiger partial charge in [-0.2, -0.15) is 11.8 Å². The van der Waals surface area contributed by atoms with Crippen molar-refractivity contribution in [2.45, 2.75) is 90.6 Å². The monoisotopic (exact) mass is 671 g/mol. The van der Waals surface area contributed by atoms with Gasteiger partial charge in [-0.05, 0) is 109 Å². The van der Waals surface area contributed by atoms with E-state index in [1.165, 1.54) is 33.7 Å². The number of hydrogen-bond acceptors (Lipinski definition) is 9. The van der Waals surface area contributed by atoms with Crippen molar-refractivity contribution in [1.82, 2.24) is 10.2 Å². The van der Waals surface area contributed by atoms with Crippen LogP contribution in [0.5, 0.6) is 0 Å². The predicted octanol–water partition coefficient (Wildman–Crippen LogP) is 6.91. The van der Waals surface area contributed by atoms with E-state index in [2.05, 4.69) is 5.32 Å². The first-order valence-electron chi connectivity index (χ1n) is 15.5. The van der Waals surface area contributed by atoms with Crippen LogP contribution >= 0.6 is 11.8 Å². The van der Waals surface area contributed by atoms with Crippen LogP contribution in [0.2, 0.25) is 0 Å². The number of likely N-dealkylation sites (tertiary alicyclic amines) is 1. The number of carboxylic acid groups (broad SMARTS) is 1. The van der Waals surface area contributed by atoms with E-state index in [1.807, 2.05) is 6.26 Å². The van der Waals surface area contributed by atoms with Crippen molar-refractivity contribution >= 4 is 47.7 Å². The van der Waals surface area contributed by atoms with Gasteiger partial charge in [-0.3, -0.25) is 14.6 Å². The number of aliphatic carboxylic acids is 1. The molecular formula is C34H45N3O9S. The van der Waals surface area contributed by atoms with Gasteiger partial charge in [-0.15, -0.1) is 0 Å². The molecule has 1 unspecified atom stereocenters. The number of thioether (sulfide) groups is 1. The summed E-state index contributed by atoms with van der Waals surface area (Å²) < 4.78 is 16.1. The molecule has 12 nitrogen and oxygen atoms in total. The van der Waals surface area contributed by atoms with Crippen molar-refractivity contribution in [2.75, 3.05) is 23.5 Å². The summed E-state index contributed by atoms with van der Waals surface area (Å²) in [4.78, 5) is 68.0. The molecule has 47 heavy (non-hydrogen) atoms. The van der Waals surface area contributed by atoms with E-state index in [4.69, 9.17) is 14.2 Å². The highest BCUT2D eigenvalue weighted by atomic mass is 32.2. The number of anilines is 1. The Kier molecular flexibility index (Phi) is 12.7. The Labute approximate surface area is 280 Å². The summed E-state index contributed by atoms with van der Waals surface area (Å²) >= 11 is 1.47. The van der Waals surface area contributed by atoms with Gasteiger partial charge in [0.15, 0.2) is 0 Å². The van der Waals surface area contributed by atoms with Gasteiger partial charge >= 0.3 is 24.3 Å². The fraction of sp³-hybridized carbons (Fsp3) is 0.500. The lowest BCUT2D eigenvalue weighted by molar-refractivity contribution is -0.139. The fourth-order valence-electron chi connectivity index (χ4n) is 4.97. The van der Waals surface area contributed by atoms with Gasteiger partial charge in [0, 0.05) is 17.8 Å². The highest BCUT2D eigenvalue weighted by Crippen LogP contribution is 2.34. The fourth-order valence-corrected chi connectivity index (χ4v) is 5.44. The number of rotatable bonds is 9. The molecule has 0 aromatic heterocycles. The van der Waals surface area contributed by atoms with Gasteiger partial charge in [0.25, 0.3) is 5.91 Å². The van der Waals surface area contributed by atoms with Crippen LogP contribution < -0.4 is 10.2 Å². The molecule has 0 bridgehead atoms. The number of ether oxygens (including phenoxy) is 3. The van der Waals surface area contributed by atoms with E-state index >= 15 is 0 Å². The van der Waals surface area contributed by atoms with Crippen LogP contribution in [0.1, 0.15) is 77.6 Å². The van der Waals surface area contributed by atoms with Crippen LogP contribution in [-0.2, 0) is 19.0 Å². The Balaban J connectivity index is 2.14. The summed E-state index contributed by atoms with van der Waals surface area (Å²) in [5.41, 5.74) is -0.336. The van der Waals surface area contributed by atoms with E-state index in [9.17, 15) is 29.1 Å². The molecule has 0 spiro atoms. The molecule has 1 aliphatic rings. The molecule has 2 atom stereocenters. The van der Waals surface area contributed by atoms with Crippen LogP contribution in [0.15, 0.2) is 48.5 Å². The standard InChI is InChI=1S/C34H45N3O9S/c1-33(2,3)45-30(41)36-19-12-11-15-27(36)37(31(42)44-32(43)46-34(4,5)6)23-16-17-24(25(21-23)22-13-9-8-10-14-22)28(38)35-26(29(39)40)18-20-47-7/h8-10,13-14,16-17,21,26-27H,11-12,15,18-20H2,1-7H3,(H,35,38)(H,39,40)/t26-,27?/m0/s1. The lowest BCUT2D eigenvalue weighted by Gasteiger charge is -2.42. The lowest BCUT2D eigenvalue weighted by Crippen LogP contribution is -2.56. The Morgan fingerprint density at radius 2 is 1.64 bits per heavy atom. The number of amides is 3. The number of carbonyl (C=O) groups excluding carboxylic acids is 4. The molecule has 0 saturated carbocycles. The number of nitrogens with one attached hydrogen (secondary N) is 1. The van der Waals surface area contributed by atoms with Crippen molar-refractivity contribution < 1.29 is 43.3 Å². The third-order valence-electron chi connectivity index (χ3n) is 6.98. The van der Waals surface area contributed by atoms with Gasteiger partial charge in [-0.25, -0.2) is 19.2 Å². The molecule has 0 aliphatic carbocycles. The summed E-state index contributed by atoms with van der Waals surface area (Å²) in [6, 6.07) is 12.4. The Morgan fingerprint density at radius 1 is 0.979 bits per heavy atom. The minimum absolute atomic E-state index is 0.170. The zero-order chi connectivity index (χ0) is 34.9. The molecule has 13 heteroatoms. The lowest BCUT2D eigenvalue weighted by atomic mass is 9.97. The molecule has 1 aliphatic heterocycles. The van der Waals surface area contributed by atoms with Crippen molar-refractivity contribution in [3.8, 4) is 11.1 Å². The van der Waals surface area contributed by atoms with E-state index in [0.717, 1.165) is 0 Å². The molecule has 2 N–H and O–H groups in total. The van der Waals surface area contributed by atoms with Gasteiger partial charge < -0.3 is 24.6 Å². The number of piperidine rings is 1. The molecule has 1 heterocycles. The van der Waals surface area contributed by atoms with Crippen LogP contribution in [0.3, 0.4) is 0 Å². The van der Waals surface area contributed by atoms with E-state index < -0.39 is 53.6 Å². The summed E-state index contributed by atoms with van der Waals surface area (Å²) in [7, 11) is 0. The van der Waals surface area contributed by atoms with Gasteiger partial charge in [0.1, 0.15) is 23.4 Å². The second-order valence-corrected chi connectivity index (χ2v) is 14.1. The topological polar surface area (TPSA) is 152 Å². The van der Waals surface area contributed by atoms with Crippen LogP contribution in [0, 0.1) is 0 Å². The maximum atomic E-state index is 13.9. The minimum Gasteiger partial charge on any atom is -0.480 e. The summed E-state index contributed by atoms with van der Waals surface area (Å²) in [6.07, 6.45) is -0.0758. The molecule has 0 radical (unpaired) electrons. The first kappa shape index (κ1) is 37.2. The van der Waals surface area contributed by atoms with Crippen LogP contribution in [0.4, 0.5) is 20.1 Å². The highest BCUT2D eigenvalue weighted by molar-refractivity contribution is 7.98. The Morgan fingerprint density at radius 3 is 2.23 bits per heavy atom. The molecular weight excluding hydrogens is 626 g/mol. The van der Waals surface area contributed by atoms with Crippen molar-refractivity contribution in [3.63, 3.8) is 0 Å². The van der Waals surface area contributed by atoms with Crippen molar-refractivity contribution in [2.24, 2.45) is 0 Å². The molecule has 3 amide bonds. The molecule has 2 aromatic rings. The third kappa shape index (κ3) is 10.9. The second kappa shape index (κ2) is 16.0. The number of nitrogens with zero attached hydrogens (tertiary/aromatic N) is 2. The van der Waals surface area contributed by atoms with E-state index in [1.54, 1.807) is 77.9 Å².